The lowest BCUT2D eigenvalue weighted by molar-refractivity contribution is 0.136. The van der Waals surface area contributed by atoms with Crippen molar-refractivity contribution in [2.45, 2.75) is 31.4 Å². The quantitative estimate of drug-likeness (QED) is 0.553. The molecule has 0 saturated carbocycles. The van der Waals surface area contributed by atoms with Gasteiger partial charge in [0.05, 0.1) is 6.04 Å². The van der Waals surface area contributed by atoms with Gasteiger partial charge in [-0.3, -0.25) is 0 Å². The zero-order valence-corrected chi connectivity index (χ0v) is 17.6. The topological polar surface area (TPSA) is 81.7 Å². The monoisotopic (exact) mass is 425 g/mol. The van der Waals surface area contributed by atoms with Gasteiger partial charge in [-0.15, -0.1) is 0 Å². The lowest BCUT2D eigenvalue weighted by Gasteiger charge is -2.15. The molecule has 0 heterocycles. The Labute approximate surface area is 176 Å². The molecule has 3 aromatic carbocycles. The van der Waals surface area contributed by atoms with E-state index in [1.54, 1.807) is 36.4 Å². The summed E-state index contributed by atoms with van der Waals surface area (Å²) in [5.41, 5.74) is 2.64. The number of aryl methyl sites for hydroxylation is 1. The van der Waals surface area contributed by atoms with Gasteiger partial charge in [0.2, 0.25) is 0 Å². The van der Waals surface area contributed by atoms with Crippen LogP contribution in [0.3, 0.4) is 0 Å². The predicted octanol–water partition coefficient (Wildman–Crippen LogP) is 4.75. The Morgan fingerprint density at radius 2 is 1.57 bits per heavy atom. The highest BCUT2D eigenvalue weighted by molar-refractivity contribution is 7.87. The average molecular weight is 426 g/mol. The third kappa shape index (κ3) is 5.84. The Morgan fingerprint density at radius 3 is 2.20 bits per heavy atom. The van der Waals surface area contributed by atoms with Gasteiger partial charge < -0.3 is 14.2 Å². The van der Waals surface area contributed by atoms with Gasteiger partial charge in [0.25, 0.3) is 0 Å². The van der Waals surface area contributed by atoms with E-state index < -0.39 is 16.2 Å². The number of amides is 1. The highest BCUT2D eigenvalue weighted by Gasteiger charge is 2.17. The van der Waals surface area contributed by atoms with E-state index in [9.17, 15) is 13.2 Å². The van der Waals surface area contributed by atoms with Crippen molar-refractivity contribution in [1.29, 1.82) is 0 Å². The number of rotatable bonds is 7. The zero-order chi connectivity index (χ0) is 21.6. The summed E-state index contributed by atoms with van der Waals surface area (Å²) >= 11 is 0. The van der Waals surface area contributed by atoms with Crippen molar-refractivity contribution in [1.82, 2.24) is 5.32 Å². The van der Waals surface area contributed by atoms with Gasteiger partial charge in [-0.1, -0.05) is 60.2 Å². The number of carbonyl (C=O) groups is 1. The molecule has 0 spiro atoms. The van der Waals surface area contributed by atoms with Crippen LogP contribution in [-0.4, -0.2) is 14.5 Å². The van der Waals surface area contributed by atoms with Crippen LogP contribution in [0.4, 0.5) is 4.79 Å². The van der Waals surface area contributed by atoms with E-state index >= 15 is 0 Å². The van der Waals surface area contributed by atoms with Crippen LogP contribution < -0.4 is 9.50 Å². The van der Waals surface area contributed by atoms with Crippen LogP contribution in [0, 0.1) is 6.92 Å². The Morgan fingerprint density at radius 1 is 0.933 bits per heavy atom. The smallest absolute Gasteiger partial charge is 0.407 e. The number of carbonyl (C=O) groups excluding carboxylic acids is 1. The molecule has 0 aliphatic rings. The van der Waals surface area contributed by atoms with Crippen LogP contribution >= 0.6 is 0 Å². The third-order valence-corrected chi connectivity index (χ3v) is 5.70. The normalized spacial score (nSPS) is 12.1. The molecule has 3 rings (SSSR count). The number of ether oxygens (including phenoxy) is 1. The fraction of sp³-hybridized carbons (Fsp3) is 0.174. The molecule has 156 valence electrons. The molecule has 0 saturated heterocycles. The number of nitrogens with one attached hydrogen (secondary N) is 1. The molecule has 0 bridgehead atoms. The van der Waals surface area contributed by atoms with Gasteiger partial charge in [0, 0.05) is 0 Å². The summed E-state index contributed by atoms with van der Waals surface area (Å²) in [6.07, 6.45) is -0.534. The summed E-state index contributed by atoms with van der Waals surface area (Å²) in [4.78, 5) is 12.1. The van der Waals surface area contributed by atoms with Crippen molar-refractivity contribution in [3.05, 3.63) is 95.6 Å². The summed E-state index contributed by atoms with van der Waals surface area (Å²) in [6.45, 7) is 3.87. The van der Waals surface area contributed by atoms with Crippen molar-refractivity contribution in [3.8, 4) is 5.75 Å². The van der Waals surface area contributed by atoms with E-state index in [1.165, 1.54) is 12.1 Å². The maximum absolute atomic E-state index is 12.4. The van der Waals surface area contributed by atoms with Crippen LogP contribution in [0.25, 0.3) is 0 Å². The van der Waals surface area contributed by atoms with E-state index in [0.29, 0.717) is 0 Å². The minimum Gasteiger partial charge on any atom is -0.445 e. The van der Waals surface area contributed by atoms with E-state index in [1.807, 2.05) is 44.2 Å². The first-order valence-electron chi connectivity index (χ1n) is 9.42. The number of hydrogen-bond donors (Lipinski definition) is 1. The molecule has 0 aromatic heterocycles. The van der Waals surface area contributed by atoms with Crippen LogP contribution in [0.15, 0.2) is 83.8 Å². The molecule has 1 amide bonds. The van der Waals surface area contributed by atoms with Crippen molar-refractivity contribution in [3.63, 3.8) is 0 Å². The van der Waals surface area contributed by atoms with E-state index in [2.05, 4.69) is 5.32 Å². The predicted molar refractivity (Wildman–Crippen MR) is 114 cm³/mol. The summed E-state index contributed by atoms with van der Waals surface area (Å²) in [7, 11) is -3.91. The van der Waals surface area contributed by atoms with E-state index in [4.69, 9.17) is 8.92 Å². The summed E-state index contributed by atoms with van der Waals surface area (Å²) < 4.78 is 35.1. The van der Waals surface area contributed by atoms with Crippen LogP contribution in [0.5, 0.6) is 5.75 Å². The number of benzene rings is 3. The molecule has 0 aliphatic carbocycles. The van der Waals surface area contributed by atoms with E-state index in [-0.39, 0.29) is 23.3 Å². The summed E-state index contributed by atoms with van der Waals surface area (Å²) in [6, 6.07) is 22.0. The van der Waals surface area contributed by atoms with E-state index in [0.717, 1.165) is 16.7 Å². The molecule has 30 heavy (non-hydrogen) atoms. The lowest BCUT2D eigenvalue weighted by Crippen LogP contribution is -2.27. The molecular formula is C23H23NO5S. The third-order valence-electron chi connectivity index (χ3n) is 4.44. The van der Waals surface area contributed by atoms with Crippen molar-refractivity contribution in [2.75, 3.05) is 0 Å². The molecule has 1 atom stereocenters. The Hall–Kier alpha value is -3.32. The average Bonchev–Trinajstić information content (AvgIpc) is 2.73. The van der Waals surface area contributed by atoms with Gasteiger partial charge in [0.15, 0.2) is 0 Å². The first kappa shape index (κ1) is 21.4. The Bertz CT molecular complexity index is 1080. The minimum atomic E-state index is -3.91. The van der Waals surface area contributed by atoms with Gasteiger partial charge >= 0.3 is 16.2 Å². The standard InChI is InChI=1S/C23H23NO5S/c1-17-8-14-22(15-9-17)30(26,27)29-21-12-10-20(11-13-21)18(2)24-23(25)28-16-19-6-4-3-5-7-19/h3-15,18H,16H2,1-2H3,(H,24,25). The summed E-state index contributed by atoms with van der Waals surface area (Å²) in [5, 5.41) is 2.75. The Balaban J connectivity index is 1.56. The van der Waals surface area contributed by atoms with Crippen LogP contribution in [0.1, 0.15) is 29.7 Å². The molecule has 1 unspecified atom stereocenters. The van der Waals surface area contributed by atoms with Gasteiger partial charge in [-0.25, -0.2) is 4.79 Å². The molecule has 0 radical (unpaired) electrons. The van der Waals surface area contributed by atoms with Gasteiger partial charge in [-0.2, -0.15) is 8.42 Å². The molecular weight excluding hydrogens is 402 g/mol. The fourth-order valence-corrected chi connectivity index (χ4v) is 3.65. The highest BCUT2D eigenvalue weighted by atomic mass is 32.2. The molecule has 0 aliphatic heterocycles. The van der Waals surface area contributed by atoms with Crippen LogP contribution in [0.2, 0.25) is 0 Å². The number of hydrogen-bond acceptors (Lipinski definition) is 5. The molecule has 1 N–H and O–H groups in total. The van der Waals surface area contributed by atoms with Crippen LogP contribution in [-0.2, 0) is 21.5 Å². The second-order valence-electron chi connectivity index (χ2n) is 6.85. The zero-order valence-electron chi connectivity index (χ0n) is 16.7. The molecule has 0 fully saturated rings. The largest absolute Gasteiger partial charge is 0.445 e. The van der Waals surface area contributed by atoms with Gasteiger partial charge in [-0.05, 0) is 49.2 Å². The first-order chi connectivity index (χ1) is 14.3. The minimum absolute atomic E-state index is 0.0911. The SMILES string of the molecule is Cc1ccc(S(=O)(=O)Oc2ccc(C(C)NC(=O)OCc3ccccc3)cc2)cc1. The number of alkyl carbamates (subject to hydrolysis) is 1. The highest BCUT2D eigenvalue weighted by Crippen LogP contribution is 2.22. The van der Waals surface area contributed by atoms with Crippen molar-refractivity contribution < 1.29 is 22.1 Å². The summed E-state index contributed by atoms with van der Waals surface area (Å²) in [5.74, 6) is 0.193. The van der Waals surface area contributed by atoms with Gasteiger partial charge in [0.1, 0.15) is 17.3 Å². The molecule has 3 aromatic rings. The second-order valence-corrected chi connectivity index (χ2v) is 8.39. The maximum atomic E-state index is 12.4. The van der Waals surface area contributed by atoms with Crippen molar-refractivity contribution in [2.24, 2.45) is 0 Å². The van der Waals surface area contributed by atoms with Crippen molar-refractivity contribution >= 4 is 16.2 Å². The lowest BCUT2D eigenvalue weighted by atomic mass is 10.1. The maximum Gasteiger partial charge on any atom is 0.407 e. The molecule has 7 heteroatoms. The fourth-order valence-electron chi connectivity index (χ4n) is 2.72. The molecule has 6 nitrogen and oxygen atoms in total. The second kappa shape index (κ2) is 9.45. The Kier molecular flexibility index (Phi) is 6.74. The first-order valence-corrected chi connectivity index (χ1v) is 10.8.